The summed E-state index contributed by atoms with van der Waals surface area (Å²) in [5.41, 5.74) is -0.749. The molecule has 98 valence electrons. The highest BCUT2D eigenvalue weighted by Crippen LogP contribution is 2.34. The SMILES string of the molecule is FC(F)(F)c1ccc(O[C@@H]2C[C@@H]3CN[C@H]2C3)nc1. The van der Waals surface area contributed by atoms with Crippen LogP contribution in [0.15, 0.2) is 18.3 Å². The third-order valence-electron chi connectivity index (χ3n) is 3.61. The highest BCUT2D eigenvalue weighted by atomic mass is 19.4. The summed E-state index contributed by atoms with van der Waals surface area (Å²) in [7, 11) is 0. The maximum absolute atomic E-state index is 12.4. The van der Waals surface area contributed by atoms with Gasteiger partial charge in [-0.3, -0.25) is 0 Å². The van der Waals surface area contributed by atoms with Gasteiger partial charge in [-0.1, -0.05) is 0 Å². The molecule has 3 rings (SSSR count). The molecule has 0 aromatic carbocycles. The molecule has 1 N–H and O–H groups in total. The van der Waals surface area contributed by atoms with E-state index < -0.39 is 11.7 Å². The van der Waals surface area contributed by atoms with Crippen LogP contribution in [0.1, 0.15) is 18.4 Å². The van der Waals surface area contributed by atoms with Crippen LogP contribution in [0.2, 0.25) is 0 Å². The highest BCUT2D eigenvalue weighted by molar-refractivity contribution is 5.20. The number of ether oxygens (including phenoxy) is 1. The second-order valence-electron chi connectivity index (χ2n) is 4.89. The number of halogens is 3. The summed E-state index contributed by atoms with van der Waals surface area (Å²) >= 11 is 0. The number of pyridine rings is 1. The monoisotopic (exact) mass is 258 g/mol. The Morgan fingerprint density at radius 2 is 2.11 bits per heavy atom. The van der Waals surface area contributed by atoms with Crippen molar-refractivity contribution in [2.75, 3.05) is 6.54 Å². The number of hydrogen-bond donors (Lipinski definition) is 1. The van der Waals surface area contributed by atoms with E-state index in [4.69, 9.17) is 4.74 Å². The zero-order valence-corrected chi connectivity index (χ0v) is 9.57. The number of nitrogens with zero attached hydrogens (tertiary/aromatic N) is 1. The van der Waals surface area contributed by atoms with Crippen LogP contribution < -0.4 is 10.1 Å². The Morgan fingerprint density at radius 3 is 2.61 bits per heavy atom. The topological polar surface area (TPSA) is 34.1 Å². The molecule has 1 aromatic heterocycles. The van der Waals surface area contributed by atoms with E-state index in [1.807, 2.05) is 0 Å². The Balaban J connectivity index is 1.67. The maximum Gasteiger partial charge on any atom is 0.417 e. The standard InChI is InChI=1S/C12H13F3N2O/c13-12(14,15)8-1-2-11(17-6-8)18-10-4-7-3-9(10)16-5-7/h1-2,6-7,9-10,16H,3-5H2/t7-,9+,10-/m1/s1. The van der Waals surface area contributed by atoms with Gasteiger partial charge in [-0.05, 0) is 31.4 Å². The molecule has 2 bridgehead atoms. The van der Waals surface area contributed by atoms with E-state index in [9.17, 15) is 13.2 Å². The van der Waals surface area contributed by atoms with Crippen molar-refractivity contribution in [2.24, 2.45) is 5.92 Å². The van der Waals surface area contributed by atoms with E-state index in [-0.39, 0.29) is 12.0 Å². The van der Waals surface area contributed by atoms with E-state index in [0.717, 1.165) is 31.6 Å². The lowest BCUT2D eigenvalue weighted by atomic mass is 10.1. The molecular weight excluding hydrogens is 245 g/mol. The molecule has 0 amide bonds. The van der Waals surface area contributed by atoms with E-state index >= 15 is 0 Å². The van der Waals surface area contributed by atoms with Crippen LogP contribution in [0.5, 0.6) is 5.88 Å². The summed E-state index contributed by atoms with van der Waals surface area (Å²) < 4.78 is 42.7. The van der Waals surface area contributed by atoms with Crippen LogP contribution in [-0.4, -0.2) is 23.7 Å². The molecule has 6 heteroatoms. The van der Waals surface area contributed by atoms with Crippen molar-refractivity contribution in [3.8, 4) is 5.88 Å². The van der Waals surface area contributed by atoms with Crippen LogP contribution in [-0.2, 0) is 6.18 Å². The molecule has 1 saturated carbocycles. The average molecular weight is 258 g/mol. The number of aromatic nitrogens is 1. The van der Waals surface area contributed by atoms with E-state index in [1.54, 1.807) is 0 Å². The Bertz CT molecular complexity index is 432. The smallest absolute Gasteiger partial charge is 0.417 e. The number of nitrogens with one attached hydrogen (secondary N) is 1. The normalized spacial score (nSPS) is 30.7. The molecule has 2 heterocycles. The summed E-state index contributed by atoms with van der Waals surface area (Å²) in [6.45, 7) is 1.02. The van der Waals surface area contributed by atoms with Gasteiger partial charge in [-0.15, -0.1) is 0 Å². The van der Waals surface area contributed by atoms with E-state index in [0.29, 0.717) is 12.0 Å². The van der Waals surface area contributed by atoms with Crippen LogP contribution >= 0.6 is 0 Å². The van der Waals surface area contributed by atoms with Gasteiger partial charge in [0.2, 0.25) is 5.88 Å². The first-order valence-corrected chi connectivity index (χ1v) is 5.95. The summed E-state index contributed by atoms with van der Waals surface area (Å²) in [6, 6.07) is 2.61. The fourth-order valence-corrected chi connectivity index (χ4v) is 2.70. The molecule has 3 nitrogen and oxygen atoms in total. The highest BCUT2D eigenvalue weighted by Gasteiger charge is 2.41. The molecule has 3 atom stereocenters. The van der Waals surface area contributed by atoms with Gasteiger partial charge >= 0.3 is 6.18 Å². The van der Waals surface area contributed by atoms with Crippen LogP contribution in [0.4, 0.5) is 13.2 Å². The predicted molar refractivity (Wildman–Crippen MR) is 58.2 cm³/mol. The number of rotatable bonds is 2. The lowest BCUT2D eigenvalue weighted by molar-refractivity contribution is -0.137. The number of piperidine rings is 1. The molecule has 1 aromatic rings. The first kappa shape index (κ1) is 11.8. The molecule has 18 heavy (non-hydrogen) atoms. The fraction of sp³-hybridized carbons (Fsp3) is 0.583. The zero-order chi connectivity index (χ0) is 12.8. The number of alkyl halides is 3. The van der Waals surface area contributed by atoms with Crippen LogP contribution in [0, 0.1) is 5.92 Å². The van der Waals surface area contributed by atoms with Gasteiger partial charge in [0.05, 0.1) is 5.56 Å². The van der Waals surface area contributed by atoms with Crippen molar-refractivity contribution in [1.82, 2.24) is 10.3 Å². The number of fused-ring (bicyclic) bond motifs is 2. The van der Waals surface area contributed by atoms with Gasteiger partial charge in [-0.25, -0.2) is 4.98 Å². The van der Waals surface area contributed by atoms with Gasteiger partial charge in [0.25, 0.3) is 0 Å². The first-order chi connectivity index (χ1) is 8.52. The molecule has 1 aliphatic carbocycles. The van der Waals surface area contributed by atoms with Crippen molar-refractivity contribution in [3.63, 3.8) is 0 Å². The van der Waals surface area contributed by atoms with Crippen molar-refractivity contribution >= 4 is 0 Å². The molecule has 2 fully saturated rings. The molecule has 0 spiro atoms. The summed E-state index contributed by atoms with van der Waals surface area (Å²) in [4.78, 5) is 3.72. The second-order valence-corrected chi connectivity index (χ2v) is 4.89. The minimum absolute atomic E-state index is 0.0352. The van der Waals surface area contributed by atoms with Crippen molar-refractivity contribution in [2.45, 2.75) is 31.2 Å². The lowest BCUT2D eigenvalue weighted by Gasteiger charge is -2.23. The third-order valence-corrected chi connectivity index (χ3v) is 3.61. The van der Waals surface area contributed by atoms with Crippen molar-refractivity contribution in [1.29, 1.82) is 0 Å². The van der Waals surface area contributed by atoms with Gasteiger partial charge < -0.3 is 10.1 Å². The van der Waals surface area contributed by atoms with Gasteiger partial charge in [0, 0.05) is 18.3 Å². The Labute approximate surface area is 102 Å². The Morgan fingerprint density at radius 1 is 1.28 bits per heavy atom. The van der Waals surface area contributed by atoms with Crippen molar-refractivity contribution in [3.05, 3.63) is 23.9 Å². The summed E-state index contributed by atoms with van der Waals surface area (Å²) in [5, 5.41) is 3.33. The van der Waals surface area contributed by atoms with Crippen LogP contribution in [0.25, 0.3) is 0 Å². The largest absolute Gasteiger partial charge is 0.473 e. The second kappa shape index (κ2) is 4.12. The van der Waals surface area contributed by atoms with E-state index in [1.165, 1.54) is 6.07 Å². The molecular formula is C12H13F3N2O. The average Bonchev–Trinajstić information content (AvgIpc) is 2.90. The Kier molecular flexibility index (Phi) is 2.69. The van der Waals surface area contributed by atoms with Gasteiger partial charge in [0.1, 0.15) is 6.10 Å². The van der Waals surface area contributed by atoms with Crippen LogP contribution in [0.3, 0.4) is 0 Å². The quantitative estimate of drug-likeness (QED) is 0.883. The van der Waals surface area contributed by atoms with Gasteiger partial charge in [-0.2, -0.15) is 13.2 Å². The minimum Gasteiger partial charge on any atom is -0.473 e. The summed E-state index contributed by atoms with van der Waals surface area (Å²) in [6.07, 6.45) is -1.45. The Hall–Kier alpha value is -1.30. The molecule has 0 radical (unpaired) electrons. The first-order valence-electron chi connectivity index (χ1n) is 5.95. The van der Waals surface area contributed by atoms with Gasteiger partial charge in [0.15, 0.2) is 0 Å². The molecule has 1 aliphatic heterocycles. The zero-order valence-electron chi connectivity index (χ0n) is 9.57. The maximum atomic E-state index is 12.4. The van der Waals surface area contributed by atoms with Crippen molar-refractivity contribution < 1.29 is 17.9 Å². The third kappa shape index (κ3) is 2.16. The molecule has 1 saturated heterocycles. The lowest BCUT2D eigenvalue weighted by Crippen LogP contribution is -2.40. The summed E-state index contributed by atoms with van der Waals surface area (Å²) in [5.74, 6) is 0.900. The minimum atomic E-state index is -4.35. The predicted octanol–water partition coefficient (Wildman–Crippen LogP) is 2.23. The molecule has 2 aliphatic rings. The van der Waals surface area contributed by atoms with E-state index in [2.05, 4.69) is 10.3 Å². The fourth-order valence-electron chi connectivity index (χ4n) is 2.70. The molecule has 0 unspecified atom stereocenters. The number of hydrogen-bond acceptors (Lipinski definition) is 3.